The lowest BCUT2D eigenvalue weighted by atomic mass is 10.0. The number of phenols is 1. The Kier molecular flexibility index (Phi) is 10.0. The number of benzene rings is 2. The fraction of sp³-hybridized carbons (Fsp3) is 0.395. The highest BCUT2D eigenvalue weighted by Gasteiger charge is 2.61. The van der Waals surface area contributed by atoms with Gasteiger partial charge in [-0.25, -0.2) is 9.78 Å². The maximum absolute atomic E-state index is 14.6. The van der Waals surface area contributed by atoms with Crippen LogP contribution in [0.2, 0.25) is 0 Å². The van der Waals surface area contributed by atoms with E-state index in [1.165, 1.54) is 27.1 Å². The minimum Gasteiger partial charge on any atom is -0.508 e. The van der Waals surface area contributed by atoms with Crippen LogP contribution in [0, 0.1) is 12.8 Å². The molecule has 4 N–H and O–H groups in total. The van der Waals surface area contributed by atoms with Gasteiger partial charge in [-0.1, -0.05) is 31.1 Å². The van der Waals surface area contributed by atoms with Crippen LogP contribution in [0.25, 0.3) is 22.0 Å². The Labute approximate surface area is 309 Å². The van der Waals surface area contributed by atoms with Crippen LogP contribution >= 0.6 is 11.3 Å². The highest BCUT2D eigenvalue weighted by Crippen LogP contribution is 2.46. The Hall–Kier alpha value is -5.57. The number of carboxylic acid groups (broad SMARTS) is 1. The summed E-state index contributed by atoms with van der Waals surface area (Å²) in [6.45, 7) is 1.66. The molecule has 4 heterocycles. The smallest absolute Gasteiger partial charge is 0.330 e. The van der Waals surface area contributed by atoms with Gasteiger partial charge in [-0.3, -0.25) is 14.4 Å². The van der Waals surface area contributed by atoms with Gasteiger partial charge in [0.25, 0.3) is 5.91 Å². The summed E-state index contributed by atoms with van der Waals surface area (Å²) in [6, 6.07) is 9.38. The summed E-state index contributed by atoms with van der Waals surface area (Å²) in [7, 11) is 1.59. The SMILES string of the molecule is COc1ccc(-c2nn([C@@H]3C[C@H]4C(=O)N[C@]5(C(=O)O)C[C@H]5/C=C\CCCCC[C@H](NC(=O)c5cccc(O)c5C)C(=O)N4C3)nc2-c2nccs2)cc1. The van der Waals surface area contributed by atoms with Gasteiger partial charge in [-0.15, -0.1) is 16.4 Å². The molecule has 1 aliphatic carbocycles. The number of aliphatic carboxylic acids is 1. The molecular weight excluding hydrogens is 699 g/mol. The zero-order valence-corrected chi connectivity index (χ0v) is 30.2. The van der Waals surface area contributed by atoms with Crippen LogP contribution in [0.4, 0.5) is 0 Å². The molecule has 2 aromatic heterocycles. The van der Waals surface area contributed by atoms with Crippen LogP contribution in [-0.2, 0) is 14.4 Å². The van der Waals surface area contributed by atoms with E-state index in [9.17, 15) is 29.4 Å². The zero-order chi connectivity index (χ0) is 37.3. The van der Waals surface area contributed by atoms with Gasteiger partial charge in [0.2, 0.25) is 11.8 Å². The number of carboxylic acids is 1. The van der Waals surface area contributed by atoms with Crippen LogP contribution in [0.3, 0.4) is 0 Å². The topological polar surface area (TPSA) is 189 Å². The number of carbonyl (C=O) groups is 4. The van der Waals surface area contributed by atoms with E-state index in [2.05, 4.69) is 15.6 Å². The molecule has 5 atom stereocenters. The highest BCUT2D eigenvalue weighted by molar-refractivity contribution is 7.13. The highest BCUT2D eigenvalue weighted by atomic mass is 32.1. The van der Waals surface area contributed by atoms with Crippen LogP contribution in [0.5, 0.6) is 11.5 Å². The Morgan fingerprint density at radius 2 is 1.87 bits per heavy atom. The van der Waals surface area contributed by atoms with Gasteiger partial charge in [-0.2, -0.15) is 9.90 Å². The number of thiazole rings is 1. The molecule has 3 amide bonds. The van der Waals surface area contributed by atoms with E-state index in [4.69, 9.17) is 14.9 Å². The molecule has 3 aliphatic rings. The van der Waals surface area contributed by atoms with Gasteiger partial charge < -0.3 is 30.5 Å². The van der Waals surface area contributed by atoms with Crippen LogP contribution in [0.1, 0.15) is 66.9 Å². The Morgan fingerprint density at radius 3 is 2.60 bits per heavy atom. The van der Waals surface area contributed by atoms with Gasteiger partial charge in [0.15, 0.2) is 0 Å². The molecular formula is C38H41N7O7S. The first-order valence-corrected chi connectivity index (χ1v) is 18.6. The van der Waals surface area contributed by atoms with Gasteiger partial charge >= 0.3 is 5.97 Å². The number of nitrogens with zero attached hydrogens (tertiary/aromatic N) is 5. The minimum atomic E-state index is -1.47. The molecule has 2 aliphatic heterocycles. The van der Waals surface area contributed by atoms with Crippen molar-refractivity contribution < 1.29 is 34.1 Å². The number of carbonyl (C=O) groups excluding carboxylic acids is 3. The number of hydrogen-bond donors (Lipinski definition) is 4. The van der Waals surface area contributed by atoms with Crippen molar-refractivity contribution in [3.05, 3.63) is 77.3 Å². The van der Waals surface area contributed by atoms with Crippen molar-refractivity contribution in [3.63, 3.8) is 0 Å². The summed E-state index contributed by atoms with van der Waals surface area (Å²) < 4.78 is 5.34. The molecule has 276 valence electrons. The van der Waals surface area contributed by atoms with Gasteiger partial charge in [0, 0.05) is 47.2 Å². The van der Waals surface area contributed by atoms with Crippen molar-refractivity contribution in [2.45, 2.75) is 75.5 Å². The Bertz CT molecular complexity index is 2050. The Morgan fingerprint density at radius 1 is 1.08 bits per heavy atom. The zero-order valence-electron chi connectivity index (χ0n) is 29.4. The van der Waals surface area contributed by atoms with Gasteiger partial charge in [0.05, 0.1) is 13.2 Å². The molecule has 0 bridgehead atoms. The first-order chi connectivity index (χ1) is 25.6. The quantitative estimate of drug-likeness (QED) is 0.196. The van der Waals surface area contributed by atoms with Gasteiger partial charge in [0.1, 0.15) is 45.5 Å². The number of aromatic hydroxyl groups is 1. The molecule has 53 heavy (non-hydrogen) atoms. The van der Waals surface area contributed by atoms with E-state index in [-0.39, 0.29) is 36.6 Å². The maximum atomic E-state index is 14.6. The molecule has 14 nitrogen and oxygen atoms in total. The second kappa shape index (κ2) is 14.8. The molecule has 0 spiro atoms. The molecule has 2 fully saturated rings. The summed E-state index contributed by atoms with van der Waals surface area (Å²) >= 11 is 1.40. The summed E-state index contributed by atoms with van der Waals surface area (Å²) in [5.74, 6) is -2.44. The fourth-order valence-electron chi connectivity index (χ4n) is 7.26. The summed E-state index contributed by atoms with van der Waals surface area (Å²) in [6.07, 6.45) is 9.11. The number of phenolic OH excluding ortho intramolecular Hbond substituents is 1. The average molecular weight is 740 g/mol. The molecule has 0 radical (unpaired) electrons. The summed E-state index contributed by atoms with van der Waals surface area (Å²) in [4.78, 5) is 62.4. The van der Waals surface area contributed by atoms with E-state index >= 15 is 0 Å². The van der Waals surface area contributed by atoms with Crippen LogP contribution < -0.4 is 15.4 Å². The number of amides is 3. The van der Waals surface area contributed by atoms with Crippen molar-refractivity contribution in [3.8, 4) is 33.5 Å². The number of ether oxygens (including phenoxy) is 1. The standard InChI is InChI=1S/C38H41N7O7S/c1-22-27(10-8-12-30(22)46)33(47)40-28-11-7-5-3-4-6-9-24-20-38(24,37(50)51)41-34(48)29-19-25(21-44(29)36(28)49)45-42-31(23-13-15-26(52-2)16-14-23)32(43-45)35-39-17-18-53-35/h6,8-10,12-18,24-25,28-29,46H,3-5,7,11,19-21H2,1-2H3,(H,40,47)(H,41,48)(H,50,51)/b9-6-/t24-,25-,28+,29+,38-/m1/s1. The summed E-state index contributed by atoms with van der Waals surface area (Å²) in [5.41, 5.74) is 1.01. The third-order valence-electron chi connectivity index (χ3n) is 10.4. The van der Waals surface area contributed by atoms with E-state index in [1.807, 2.05) is 41.8 Å². The Balaban J connectivity index is 1.25. The second-order valence-electron chi connectivity index (χ2n) is 13.8. The van der Waals surface area contributed by atoms with Crippen molar-refractivity contribution in [1.29, 1.82) is 0 Å². The van der Waals surface area contributed by atoms with Crippen molar-refractivity contribution in [2.24, 2.45) is 5.92 Å². The largest absolute Gasteiger partial charge is 0.508 e. The number of allylic oxidation sites excluding steroid dienone is 1. The monoisotopic (exact) mass is 739 g/mol. The maximum Gasteiger partial charge on any atom is 0.330 e. The number of methoxy groups -OCH3 is 1. The average Bonchev–Trinajstić information content (AvgIpc) is 3.61. The summed E-state index contributed by atoms with van der Waals surface area (Å²) in [5, 5.41) is 38.5. The predicted molar refractivity (Wildman–Crippen MR) is 195 cm³/mol. The molecule has 1 saturated carbocycles. The molecule has 2 aromatic carbocycles. The van der Waals surface area contributed by atoms with E-state index in [0.29, 0.717) is 40.6 Å². The van der Waals surface area contributed by atoms with Crippen molar-refractivity contribution in [1.82, 2.24) is 35.5 Å². The third kappa shape index (κ3) is 7.12. The van der Waals surface area contributed by atoms with Crippen LogP contribution in [-0.4, -0.2) is 90.1 Å². The van der Waals surface area contributed by atoms with Gasteiger partial charge in [-0.05, 0) is 69.0 Å². The number of hydrogen-bond acceptors (Lipinski definition) is 10. The lowest BCUT2D eigenvalue weighted by Crippen LogP contribution is -2.56. The van der Waals surface area contributed by atoms with E-state index < -0.39 is 47.4 Å². The predicted octanol–water partition coefficient (Wildman–Crippen LogP) is 4.51. The first kappa shape index (κ1) is 35.8. The molecule has 4 aromatic rings. The van der Waals surface area contributed by atoms with Crippen molar-refractivity contribution >= 4 is 35.0 Å². The van der Waals surface area contributed by atoms with Crippen molar-refractivity contribution in [2.75, 3.05) is 13.7 Å². The van der Waals surface area contributed by atoms with E-state index in [0.717, 1.165) is 24.8 Å². The first-order valence-electron chi connectivity index (χ1n) is 17.7. The number of fused-ring (bicyclic) bond motifs is 2. The lowest BCUT2D eigenvalue weighted by molar-refractivity contribution is -0.145. The number of rotatable bonds is 7. The molecule has 0 unspecified atom stereocenters. The molecule has 15 heteroatoms. The third-order valence-corrected chi connectivity index (χ3v) is 11.2. The lowest BCUT2D eigenvalue weighted by Gasteiger charge is -2.29. The minimum absolute atomic E-state index is 0.0336. The fourth-order valence-corrected chi connectivity index (χ4v) is 7.89. The number of aromatic nitrogens is 4. The second-order valence-corrected chi connectivity index (χ2v) is 14.7. The van der Waals surface area contributed by atoms with Crippen LogP contribution in [0.15, 0.2) is 66.2 Å². The molecule has 1 saturated heterocycles. The normalized spacial score (nSPS) is 25.3. The van der Waals surface area contributed by atoms with E-state index in [1.54, 1.807) is 32.4 Å². The number of nitrogens with one attached hydrogen (secondary N) is 2. The molecule has 7 rings (SSSR count).